The van der Waals surface area contributed by atoms with Gasteiger partial charge in [-0.15, -0.1) is 10.2 Å². The van der Waals surface area contributed by atoms with E-state index < -0.39 is 10.0 Å². The standard InChI is InChI=1S/C20H21Cl2N3O3S/c1-20(2,3)14-7-5-13(6-8-14)19-24-23-18(28-19)12-25(4)29(26,27)17-11-15(21)9-10-16(17)22/h5-11H,12H2,1-4H3. The van der Waals surface area contributed by atoms with Gasteiger partial charge in [-0.3, -0.25) is 0 Å². The summed E-state index contributed by atoms with van der Waals surface area (Å²) in [7, 11) is -2.47. The molecule has 0 unspecified atom stereocenters. The van der Waals surface area contributed by atoms with Crippen molar-refractivity contribution < 1.29 is 12.8 Å². The minimum Gasteiger partial charge on any atom is -0.419 e. The van der Waals surface area contributed by atoms with Gasteiger partial charge in [0.15, 0.2) is 0 Å². The Labute approximate surface area is 180 Å². The molecule has 0 radical (unpaired) electrons. The molecule has 0 aliphatic carbocycles. The number of hydrogen-bond donors (Lipinski definition) is 0. The first-order valence-corrected chi connectivity index (χ1v) is 11.0. The third-order valence-corrected chi connectivity index (χ3v) is 6.92. The van der Waals surface area contributed by atoms with E-state index >= 15 is 0 Å². The molecule has 0 aliphatic heterocycles. The smallest absolute Gasteiger partial charge is 0.247 e. The Kier molecular flexibility index (Phi) is 6.06. The number of benzene rings is 2. The van der Waals surface area contributed by atoms with Crippen LogP contribution in [0.4, 0.5) is 0 Å². The van der Waals surface area contributed by atoms with Crippen molar-refractivity contribution in [3.05, 3.63) is 64.0 Å². The third kappa shape index (κ3) is 4.80. The van der Waals surface area contributed by atoms with Crippen LogP contribution in [0.3, 0.4) is 0 Å². The molecule has 154 valence electrons. The molecule has 0 saturated carbocycles. The van der Waals surface area contributed by atoms with Crippen molar-refractivity contribution in [1.29, 1.82) is 0 Å². The molecule has 0 atom stereocenters. The molecule has 1 heterocycles. The van der Waals surface area contributed by atoms with Crippen molar-refractivity contribution in [2.45, 2.75) is 37.6 Å². The van der Waals surface area contributed by atoms with Gasteiger partial charge in [-0.25, -0.2) is 8.42 Å². The van der Waals surface area contributed by atoms with Gasteiger partial charge < -0.3 is 4.42 Å². The Hall–Kier alpha value is -1.93. The first-order valence-electron chi connectivity index (χ1n) is 8.83. The summed E-state index contributed by atoms with van der Waals surface area (Å²) in [6, 6.07) is 12.1. The van der Waals surface area contributed by atoms with Crippen LogP contribution in [0.2, 0.25) is 10.0 Å². The van der Waals surface area contributed by atoms with Crippen molar-refractivity contribution >= 4 is 33.2 Å². The Morgan fingerprint density at radius 3 is 2.31 bits per heavy atom. The summed E-state index contributed by atoms with van der Waals surface area (Å²) in [5.41, 5.74) is 1.99. The van der Waals surface area contributed by atoms with E-state index in [1.807, 2.05) is 24.3 Å². The van der Waals surface area contributed by atoms with Crippen LogP contribution in [0, 0.1) is 0 Å². The largest absolute Gasteiger partial charge is 0.419 e. The Balaban J connectivity index is 1.80. The average Bonchev–Trinajstić information content (AvgIpc) is 3.11. The van der Waals surface area contributed by atoms with Crippen LogP contribution in [0.5, 0.6) is 0 Å². The summed E-state index contributed by atoms with van der Waals surface area (Å²) in [4.78, 5) is -0.0772. The number of rotatable bonds is 5. The molecule has 0 N–H and O–H groups in total. The van der Waals surface area contributed by atoms with Gasteiger partial charge in [0.1, 0.15) is 4.90 Å². The summed E-state index contributed by atoms with van der Waals surface area (Å²) in [6.45, 7) is 6.30. The topological polar surface area (TPSA) is 76.3 Å². The van der Waals surface area contributed by atoms with Crippen molar-refractivity contribution in [3.63, 3.8) is 0 Å². The van der Waals surface area contributed by atoms with Gasteiger partial charge in [0.25, 0.3) is 0 Å². The van der Waals surface area contributed by atoms with Gasteiger partial charge >= 0.3 is 0 Å². The van der Waals surface area contributed by atoms with E-state index in [9.17, 15) is 8.42 Å². The maximum atomic E-state index is 12.8. The predicted octanol–water partition coefficient (Wildman–Crippen LogP) is 5.16. The summed E-state index contributed by atoms with van der Waals surface area (Å²) >= 11 is 12.0. The predicted molar refractivity (Wildman–Crippen MR) is 114 cm³/mol. The molecule has 6 nitrogen and oxygen atoms in total. The van der Waals surface area contributed by atoms with Crippen LogP contribution >= 0.6 is 23.2 Å². The number of halogens is 2. The number of sulfonamides is 1. The molecule has 3 aromatic rings. The van der Waals surface area contributed by atoms with Crippen molar-refractivity contribution in [2.24, 2.45) is 0 Å². The minimum absolute atomic E-state index is 0.0389. The highest BCUT2D eigenvalue weighted by molar-refractivity contribution is 7.89. The summed E-state index contributed by atoms with van der Waals surface area (Å²) in [6.07, 6.45) is 0. The second-order valence-electron chi connectivity index (χ2n) is 7.66. The zero-order valence-electron chi connectivity index (χ0n) is 16.5. The Morgan fingerprint density at radius 1 is 1.03 bits per heavy atom. The molecule has 1 aromatic heterocycles. The second-order valence-corrected chi connectivity index (χ2v) is 10.5. The Bertz CT molecular complexity index is 1120. The number of nitrogens with zero attached hydrogens (tertiary/aromatic N) is 3. The van der Waals surface area contributed by atoms with E-state index in [1.165, 1.54) is 30.8 Å². The molecule has 3 rings (SSSR count). The van der Waals surface area contributed by atoms with Gasteiger partial charge in [-0.05, 0) is 41.3 Å². The van der Waals surface area contributed by atoms with E-state index in [1.54, 1.807) is 0 Å². The van der Waals surface area contributed by atoms with Gasteiger partial charge in [-0.1, -0.05) is 56.1 Å². The number of aromatic nitrogens is 2. The molecule has 0 fully saturated rings. The van der Waals surface area contributed by atoms with E-state index in [4.69, 9.17) is 27.6 Å². The molecule has 0 aliphatic rings. The monoisotopic (exact) mass is 453 g/mol. The summed E-state index contributed by atoms with van der Waals surface area (Å²) in [5.74, 6) is 0.496. The van der Waals surface area contributed by atoms with Gasteiger partial charge in [0.05, 0.1) is 11.6 Å². The highest BCUT2D eigenvalue weighted by Gasteiger charge is 2.26. The fourth-order valence-electron chi connectivity index (χ4n) is 2.67. The highest BCUT2D eigenvalue weighted by Crippen LogP contribution is 2.29. The zero-order valence-corrected chi connectivity index (χ0v) is 18.8. The van der Waals surface area contributed by atoms with Crippen LogP contribution in [0.15, 0.2) is 51.8 Å². The zero-order chi connectivity index (χ0) is 21.4. The molecular weight excluding hydrogens is 433 g/mol. The maximum absolute atomic E-state index is 12.8. The molecule has 0 amide bonds. The first kappa shape index (κ1) is 21.8. The number of hydrogen-bond acceptors (Lipinski definition) is 5. The molecule has 0 bridgehead atoms. The maximum Gasteiger partial charge on any atom is 0.247 e. The van der Waals surface area contributed by atoms with Crippen molar-refractivity contribution in [2.75, 3.05) is 7.05 Å². The first-order chi connectivity index (χ1) is 13.5. The molecule has 0 saturated heterocycles. The van der Waals surface area contributed by atoms with E-state index in [0.717, 1.165) is 9.87 Å². The van der Waals surface area contributed by atoms with Crippen LogP contribution in [-0.4, -0.2) is 30.0 Å². The van der Waals surface area contributed by atoms with Gasteiger partial charge in [0, 0.05) is 17.6 Å². The normalized spacial score (nSPS) is 12.5. The lowest BCUT2D eigenvalue weighted by Gasteiger charge is -2.18. The lowest BCUT2D eigenvalue weighted by atomic mass is 9.87. The van der Waals surface area contributed by atoms with Crippen LogP contribution < -0.4 is 0 Å². The molecule has 2 aromatic carbocycles. The quantitative estimate of drug-likeness (QED) is 0.532. The SMILES string of the molecule is CN(Cc1nnc(-c2ccc(C(C)(C)C)cc2)o1)S(=O)(=O)c1cc(Cl)ccc1Cl. The second kappa shape index (κ2) is 8.07. The van der Waals surface area contributed by atoms with E-state index in [-0.39, 0.29) is 32.8 Å². The van der Waals surface area contributed by atoms with Crippen LogP contribution in [0.1, 0.15) is 32.2 Å². The molecule has 0 spiro atoms. The molecule has 29 heavy (non-hydrogen) atoms. The van der Waals surface area contributed by atoms with Crippen LogP contribution in [0.25, 0.3) is 11.5 Å². The van der Waals surface area contributed by atoms with Gasteiger partial charge in [0.2, 0.25) is 21.8 Å². The third-order valence-electron chi connectivity index (χ3n) is 4.40. The summed E-state index contributed by atoms with van der Waals surface area (Å²) in [5, 5.41) is 8.37. The average molecular weight is 454 g/mol. The van der Waals surface area contributed by atoms with Crippen LogP contribution in [-0.2, 0) is 22.0 Å². The Morgan fingerprint density at radius 2 is 1.69 bits per heavy atom. The van der Waals surface area contributed by atoms with E-state index in [2.05, 4.69) is 31.0 Å². The van der Waals surface area contributed by atoms with Gasteiger partial charge in [-0.2, -0.15) is 4.31 Å². The lowest BCUT2D eigenvalue weighted by Crippen LogP contribution is -2.27. The van der Waals surface area contributed by atoms with E-state index in [0.29, 0.717) is 5.89 Å². The summed E-state index contributed by atoms with van der Waals surface area (Å²) < 4.78 is 32.4. The van der Waals surface area contributed by atoms with Crippen molar-refractivity contribution in [3.8, 4) is 11.5 Å². The molecule has 9 heteroatoms. The molecular formula is C20H21Cl2N3O3S. The fourth-order valence-corrected chi connectivity index (χ4v) is 4.52. The highest BCUT2D eigenvalue weighted by atomic mass is 35.5. The minimum atomic E-state index is -3.88. The lowest BCUT2D eigenvalue weighted by molar-refractivity contribution is 0.400. The fraction of sp³-hybridized carbons (Fsp3) is 0.300. The van der Waals surface area contributed by atoms with Crippen molar-refractivity contribution in [1.82, 2.24) is 14.5 Å².